The van der Waals surface area contributed by atoms with Crippen LogP contribution in [0.5, 0.6) is 0 Å². The van der Waals surface area contributed by atoms with E-state index < -0.39 is 0 Å². The summed E-state index contributed by atoms with van der Waals surface area (Å²) >= 11 is 1.71. The highest BCUT2D eigenvalue weighted by atomic mass is 32.2. The van der Waals surface area contributed by atoms with Crippen molar-refractivity contribution >= 4 is 22.6 Å². The SMILES string of the molecule is Cc1cc(C2=NNC(=NC(C)C)SC2)c(C)n1-c1ccccc1. The van der Waals surface area contributed by atoms with Crippen LogP contribution in [0.2, 0.25) is 0 Å². The van der Waals surface area contributed by atoms with E-state index in [9.17, 15) is 0 Å². The Kier molecular flexibility index (Phi) is 4.57. The van der Waals surface area contributed by atoms with Crippen molar-refractivity contribution in [2.24, 2.45) is 10.1 Å². The smallest absolute Gasteiger partial charge is 0.177 e. The van der Waals surface area contributed by atoms with Gasteiger partial charge in [0.05, 0.1) is 5.71 Å². The molecule has 120 valence electrons. The number of hydrazone groups is 1. The van der Waals surface area contributed by atoms with Crippen LogP contribution in [-0.4, -0.2) is 27.2 Å². The van der Waals surface area contributed by atoms with E-state index in [1.54, 1.807) is 11.8 Å². The van der Waals surface area contributed by atoms with E-state index in [0.29, 0.717) is 0 Å². The zero-order valence-corrected chi connectivity index (χ0v) is 14.8. The predicted octanol–water partition coefficient (Wildman–Crippen LogP) is 3.90. The molecule has 4 nitrogen and oxygen atoms in total. The van der Waals surface area contributed by atoms with Gasteiger partial charge in [0, 0.05) is 34.4 Å². The Labute approximate surface area is 141 Å². The first-order valence-corrected chi connectivity index (χ1v) is 8.82. The van der Waals surface area contributed by atoms with Gasteiger partial charge in [0.1, 0.15) is 0 Å². The molecule has 1 aliphatic rings. The molecule has 0 atom stereocenters. The third-order valence-corrected chi connectivity index (χ3v) is 4.65. The molecule has 0 bridgehead atoms. The molecule has 0 saturated heterocycles. The highest BCUT2D eigenvalue weighted by molar-refractivity contribution is 8.14. The Balaban J connectivity index is 1.93. The predicted molar refractivity (Wildman–Crippen MR) is 99.9 cm³/mol. The third-order valence-electron chi connectivity index (χ3n) is 3.76. The molecule has 0 aliphatic carbocycles. The van der Waals surface area contributed by atoms with Gasteiger partial charge < -0.3 is 4.57 Å². The minimum atomic E-state index is 0.282. The van der Waals surface area contributed by atoms with Gasteiger partial charge in [-0.25, -0.2) is 0 Å². The Hall–Kier alpha value is -2.01. The monoisotopic (exact) mass is 326 g/mol. The molecule has 0 radical (unpaired) electrons. The molecular formula is C18H22N4S. The van der Waals surface area contributed by atoms with Gasteiger partial charge in [-0.15, -0.1) is 0 Å². The molecule has 1 aromatic heterocycles. The lowest BCUT2D eigenvalue weighted by molar-refractivity contribution is 0.826. The van der Waals surface area contributed by atoms with Crippen molar-refractivity contribution < 1.29 is 0 Å². The molecule has 23 heavy (non-hydrogen) atoms. The number of thioether (sulfide) groups is 1. The molecule has 2 aromatic rings. The van der Waals surface area contributed by atoms with Gasteiger partial charge in [-0.05, 0) is 45.9 Å². The maximum absolute atomic E-state index is 4.54. The number of para-hydroxylation sites is 1. The number of nitrogens with zero attached hydrogens (tertiary/aromatic N) is 3. The van der Waals surface area contributed by atoms with E-state index in [1.807, 2.05) is 6.07 Å². The number of amidine groups is 1. The molecule has 0 spiro atoms. The zero-order valence-electron chi connectivity index (χ0n) is 14.0. The zero-order chi connectivity index (χ0) is 16.4. The van der Waals surface area contributed by atoms with Crippen LogP contribution >= 0.6 is 11.8 Å². The highest BCUT2D eigenvalue weighted by Gasteiger charge is 2.19. The average Bonchev–Trinajstić information content (AvgIpc) is 2.83. The number of hydrogen-bond acceptors (Lipinski definition) is 3. The summed E-state index contributed by atoms with van der Waals surface area (Å²) in [7, 11) is 0. The van der Waals surface area contributed by atoms with Crippen molar-refractivity contribution in [1.29, 1.82) is 0 Å². The van der Waals surface area contributed by atoms with Gasteiger partial charge in [0.25, 0.3) is 0 Å². The second kappa shape index (κ2) is 6.62. The molecule has 1 aliphatic heterocycles. The Morgan fingerprint density at radius 3 is 2.57 bits per heavy atom. The van der Waals surface area contributed by atoms with E-state index in [-0.39, 0.29) is 6.04 Å². The van der Waals surface area contributed by atoms with Gasteiger partial charge in [-0.2, -0.15) is 5.10 Å². The second-order valence-electron chi connectivity index (χ2n) is 5.94. The lowest BCUT2D eigenvalue weighted by Crippen LogP contribution is -2.26. The summed E-state index contributed by atoms with van der Waals surface area (Å²) in [4.78, 5) is 4.51. The summed E-state index contributed by atoms with van der Waals surface area (Å²) in [6, 6.07) is 12.9. The lowest BCUT2D eigenvalue weighted by Gasteiger charge is -2.16. The van der Waals surface area contributed by atoms with Crippen molar-refractivity contribution in [3.05, 3.63) is 53.3 Å². The van der Waals surface area contributed by atoms with Crippen molar-refractivity contribution in [2.75, 3.05) is 5.75 Å². The van der Waals surface area contributed by atoms with Crippen LogP contribution in [-0.2, 0) is 0 Å². The highest BCUT2D eigenvalue weighted by Crippen LogP contribution is 2.23. The standard InChI is InChI=1S/C18H22N4S/c1-12(2)19-18-21-20-17(11-23-18)16-10-13(3)22(14(16)4)15-8-6-5-7-9-15/h5-10,12H,11H2,1-4H3,(H,19,21). The molecule has 0 amide bonds. The molecule has 1 aromatic carbocycles. The fourth-order valence-electron chi connectivity index (χ4n) is 2.78. The molecule has 2 heterocycles. The maximum atomic E-state index is 4.54. The van der Waals surface area contributed by atoms with Crippen molar-refractivity contribution in [3.8, 4) is 5.69 Å². The van der Waals surface area contributed by atoms with Crippen molar-refractivity contribution in [2.45, 2.75) is 33.7 Å². The van der Waals surface area contributed by atoms with Crippen LogP contribution in [0.4, 0.5) is 0 Å². The minimum Gasteiger partial charge on any atom is -0.318 e. The number of rotatable bonds is 3. The summed E-state index contributed by atoms with van der Waals surface area (Å²) in [5, 5.41) is 5.45. The average molecular weight is 326 g/mol. The summed E-state index contributed by atoms with van der Waals surface area (Å²) < 4.78 is 2.28. The van der Waals surface area contributed by atoms with Crippen LogP contribution in [0.15, 0.2) is 46.5 Å². The first kappa shape index (κ1) is 15.9. The maximum Gasteiger partial charge on any atom is 0.177 e. The van der Waals surface area contributed by atoms with E-state index in [1.165, 1.54) is 22.6 Å². The van der Waals surface area contributed by atoms with E-state index in [0.717, 1.165) is 16.6 Å². The van der Waals surface area contributed by atoms with Crippen molar-refractivity contribution in [3.63, 3.8) is 0 Å². The molecule has 5 heteroatoms. The minimum absolute atomic E-state index is 0.282. The quantitative estimate of drug-likeness (QED) is 0.929. The third kappa shape index (κ3) is 3.34. The Morgan fingerprint density at radius 2 is 1.96 bits per heavy atom. The van der Waals surface area contributed by atoms with Crippen molar-refractivity contribution in [1.82, 2.24) is 9.99 Å². The molecule has 0 fully saturated rings. The van der Waals surface area contributed by atoms with E-state index >= 15 is 0 Å². The normalized spacial score (nSPS) is 16.6. The number of benzene rings is 1. The summed E-state index contributed by atoms with van der Waals surface area (Å²) in [5.74, 6) is 0.845. The fourth-order valence-corrected chi connectivity index (χ4v) is 3.67. The molecule has 0 saturated carbocycles. The number of hydrogen-bond donors (Lipinski definition) is 1. The first-order valence-electron chi connectivity index (χ1n) is 7.84. The van der Waals surface area contributed by atoms with Crippen LogP contribution < -0.4 is 5.43 Å². The summed E-state index contributed by atoms with van der Waals surface area (Å²) in [6.45, 7) is 8.43. The summed E-state index contributed by atoms with van der Waals surface area (Å²) in [5.41, 5.74) is 9.00. The fraction of sp³-hybridized carbons (Fsp3) is 0.333. The first-order chi connectivity index (χ1) is 11.1. The number of aliphatic imine (C=N–C) groups is 1. The number of aromatic nitrogens is 1. The van der Waals surface area contributed by atoms with Gasteiger partial charge in [-0.1, -0.05) is 30.0 Å². The molecular weight excluding hydrogens is 304 g/mol. The van der Waals surface area contributed by atoms with Crippen LogP contribution in [0.1, 0.15) is 30.8 Å². The molecule has 1 N–H and O–H groups in total. The molecule has 0 unspecified atom stereocenters. The van der Waals surface area contributed by atoms with Gasteiger partial charge >= 0.3 is 0 Å². The number of aryl methyl sites for hydroxylation is 1. The second-order valence-corrected chi connectivity index (χ2v) is 6.91. The Morgan fingerprint density at radius 1 is 1.22 bits per heavy atom. The Bertz CT molecular complexity index is 757. The topological polar surface area (TPSA) is 41.7 Å². The van der Waals surface area contributed by atoms with E-state index in [4.69, 9.17) is 0 Å². The van der Waals surface area contributed by atoms with Crippen LogP contribution in [0.25, 0.3) is 5.69 Å². The largest absolute Gasteiger partial charge is 0.318 e. The van der Waals surface area contributed by atoms with E-state index in [2.05, 4.69) is 78.1 Å². The lowest BCUT2D eigenvalue weighted by atomic mass is 10.1. The van der Waals surface area contributed by atoms with Crippen LogP contribution in [0, 0.1) is 13.8 Å². The number of nitrogens with one attached hydrogen (secondary N) is 1. The van der Waals surface area contributed by atoms with Gasteiger partial charge in [-0.3, -0.25) is 10.4 Å². The van der Waals surface area contributed by atoms with Gasteiger partial charge in [0.15, 0.2) is 5.17 Å². The van der Waals surface area contributed by atoms with Crippen LogP contribution in [0.3, 0.4) is 0 Å². The van der Waals surface area contributed by atoms with Gasteiger partial charge in [0.2, 0.25) is 0 Å². The summed E-state index contributed by atoms with van der Waals surface area (Å²) in [6.07, 6.45) is 0. The molecule has 3 rings (SSSR count).